The molecule has 5 rings (SSSR count). The molecular formula is C25H29ClFN5O3. The predicted octanol–water partition coefficient (Wildman–Crippen LogP) is 6.05. The minimum Gasteiger partial charge on any atom is -0.444 e. The van der Waals surface area contributed by atoms with Gasteiger partial charge in [-0.15, -0.1) is 10.2 Å². The molecule has 0 atom stereocenters. The third-order valence-electron chi connectivity index (χ3n) is 6.68. The highest BCUT2D eigenvalue weighted by Crippen LogP contribution is 2.42. The third-order valence-corrected chi connectivity index (χ3v) is 6.91. The first-order valence-corrected chi connectivity index (χ1v) is 12.3. The van der Waals surface area contributed by atoms with Crippen molar-refractivity contribution in [2.45, 2.75) is 83.9 Å². The number of aryl methyl sites for hydroxylation is 1. The van der Waals surface area contributed by atoms with Crippen LogP contribution in [0.5, 0.6) is 0 Å². The summed E-state index contributed by atoms with van der Waals surface area (Å²) in [6.45, 7) is 7.75. The van der Waals surface area contributed by atoms with E-state index in [1.54, 1.807) is 11.8 Å². The van der Waals surface area contributed by atoms with Crippen molar-refractivity contribution < 1.29 is 18.4 Å². The van der Waals surface area contributed by atoms with E-state index >= 15 is 0 Å². The van der Waals surface area contributed by atoms with Crippen LogP contribution in [0, 0.1) is 12.7 Å². The van der Waals surface area contributed by atoms with Crippen LogP contribution in [0.2, 0.25) is 5.02 Å². The molecule has 186 valence electrons. The molecule has 8 nitrogen and oxygen atoms in total. The molecule has 35 heavy (non-hydrogen) atoms. The molecule has 0 bridgehead atoms. The molecule has 1 aliphatic heterocycles. The summed E-state index contributed by atoms with van der Waals surface area (Å²) >= 11 is 6.32. The molecule has 0 saturated heterocycles. The number of aromatic nitrogens is 4. The maximum absolute atomic E-state index is 14.4. The van der Waals surface area contributed by atoms with Crippen LogP contribution in [-0.4, -0.2) is 36.5 Å². The van der Waals surface area contributed by atoms with Crippen LogP contribution >= 0.6 is 11.6 Å². The van der Waals surface area contributed by atoms with Crippen molar-refractivity contribution in [1.82, 2.24) is 24.8 Å². The second-order valence-electron chi connectivity index (χ2n) is 10.4. The molecule has 1 aromatic carbocycles. The zero-order valence-corrected chi connectivity index (χ0v) is 21.1. The Labute approximate surface area is 208 Å². The van der Waals surface area contributed by atoms with Gasteiger partial charge in [0.25, 0.3) is 0 Å². The molecule has 1 fully saturated rings. The molecule has 0 spiro atoms. The molecule has 3 heterocycles. The van der Waals surface area contributed by atoms with Gasteiger partial charge in [0.05, 0.1) is 18.8 Å². The molecule has 0 unspecified atom stereocenters. The summed E-state index contributed by atoms with van der Waals surface area (Å²) < 4.78 is 27.1. The number of halogens is 2. The largest absolute Gasteiger partial charge is 0.444 e. The van der Waals surface area contributed by atoms with Crippen LogP contribution in [0.25, 0.3) is 5.69 Å². The van der Waals surface area contributed by atoms with E-state index in [0.29, 0.717) is 23.1 Å². The van der Waals surface area contributed by atoms with Gasteiger partial charge >= 0.3 is 6.09 Å². The molecule has 0 N–H and O–H groups in total. The summed E-state index contributed by atoms with van der Waals surface area (Å²) in [6, 6.07) is 5.66. The van der Waals surface area contributed by atoms with Crippen LogP contribution in [-0.2, 0) is 17.8 Å². The van der Waals surface area contributed by atoms with Gasteiger partial charge in [0, 0.05) is 16.9 Å². The summed E-state index contributed by atoms with van der Waals surface area (Å²) in [6.07, 6.45) is 2.81. The minimum absolute atomic E-state index is 0.0315. The lowest BCUT2D eigenvalue weighted by Crippen LogP contribution is -2.35. The number of benzene rings is 1. The number of carbonyl (C=O) groups excluding carboxylic acids is 1. The van der Waals surface area contributed by atoms with Gasteiger partial charge in [-0.25, -0.2) is 9.18 Å². The van der Waals surface area contributed by atoms with E-state index in [0.717, 1.165) is 42.8 Å². The van der Waals surface area contributed by atoms with Gasteiger partial charge in [-0.05, 0) is 77.1 Å². The second-order valence-corrected chi connectivity index (χ2v) is 10.8. The van der Waals surface area contributed by atoms with Crippen LogP contribution in [0.3, 0.4) is 0 Å². The number of hydrogen-bond acceptors (Lipinski definition) is 6. The van der Waals surface area contributed by atoms with Gasteiger partial charge in [0.15, 0.2) is 17.4 Å². The van der Waals surface area contributed by atoms with Crippen molar-refractivity contribution in [3.05, 3.63) is 57.7 Å². The fourth-order valence-corrected chi connectivity index (χ4v) is 5.20. The van der Waals surface area contributed by atoms with Crippen LogP contribution < -0.4 is 0 Å². The fourth-order valence-electron chi connectivity index (χ4n) is 5.00. The lowest BCUT2D eigenvalue weighted by atomic mass is 9.80. The Morgan fingerprint density at radius 2 is 1.86 bits per heavy atom. The Morgan fingerprint density at radius 1 is 1.14 bits per heavy atom. The van der Waals surface area contributed by atoms with E-state index in [1.165, 1.54) is 0 Å². The SMILES string of the molecule is Cc1onc(C2CCC(c3nnc4n3-c3ccc(Cl)cc3CN(C(=O)OC(C)(C)C)C4)CC2)c1F. The maximum atomic E-state index is 14.4. The molecular weight excluding hydrogens is 473 g/mol. The molecule has 3 aromatic rings. The van der Waals surface area contributed by atoms with Gasteiger partial charge in [-0.3, -0.25) is 9.47 Å². The number of rotatable bonds is 2. The fraction of sp³-hybridized carbons (Fsp3) is 0.520. The monoisotopic (exact) mass is 501 g/mol. The first kappa shape index (κ1) is 23.8. The topological polar surface area (TPSA) is 86.3 Å². The Bertz CT molecular complexity index is 1260. The Morgan fingerprint density at radius 3 is 2.51 bits per heavy atom. The number of amides is 1. The molecule has 2 aromatic heterocycles. The molecule has 2 aliphatic rings. The summed E-state index contributed by atoms with van der Waals surface area (Å²) in [5, 5.41) is 13.6. The smallest absolute Gasteiger partial charge is 0.411 e. The number of nitrogens with zero attached hydrogens (tertiary/aromatic N) is 5. The van der Waals surface area contributed by atoms with Gasteiger partial charge in [-0.2, -0.15) is 0 Å². The minimum atomic E-state index is -0.611. The Hall–Kier alpha value is -2.94. The average Bonchev–Trinajstić information content (AvgIpc) is 3.31. The van der Waals surface area contributed by atoms with Gasteiger partial charge in [-0.1, -0.05) is 16.8 Å². The van der Waals surface area contributed by atoms with Crippen molar-refractivity contribution in [1.29, 1.82) is 0 Å². The standard InChI is InChI=1S/C25H29ClFN5O3/c1-14-21(27)22(30-35-14)15-5-7-16(8-6-15)23-29-28-20-13-31(24(33)34-25(2,3)4)12-17-11-18(26)9-10-19(17)32(20)23/h9-11,15-16H,5-8,12-13H2,1-4H3. The number of ether oxygens (including phenoxy) is 1. The maximum Gasteiger partial charge on any atom is 0.411 e. The van der Waals surface area contributed by atoms with E-state index < -0.39 is 11.7 Å². The van der Waals surface area contributed by atoms with E-state index in [9.17, 15) is 9.18 Å². The predicted molar refractivity (Wildman–Crippen MR) is 127 cm³/mol. The van der Waals surface area contributed by atoms with Gasteiger partial charge < -0.3 is 9.26 Å². The highest BCUT2D eigenvalue weighted by Gasteiger charge is 2.34. The lowest BCUT2D eigenvalue weighted by molar-refractivity contribution is 0.0214. The summed E-state index contributed by atoms with van der Waals surface area (Å²) in [4.78, 5) is 14.6. The molecule has 1 amide bonds. The molecule has 10 heteroatoms. The zero-order chi connectivity index (χ0) is 24.9. The summed E-state index contributed by atoms with van der Waals surface area (Å²) in [5.41, 5.74) is 1.63. The van der Waals surface area contributed by atoms with Crippen molar-refractivity contribution in [2.75, 3.05) is 0 Å². The van der Waals surface area contributed by atoms with Crippen LogP contribution in [0.1, 0.15) is 87.0 Å². The van der Waals surface area contributed by atoms with E-state index in [-0.39, 0.29) is 30.0 Å². The highest BCUT2D eigenvalue weighted by atomic mass is 35.5. The zero-order valence-electron chi connectivity index (χ0n) is 20.3. The number of hydrogen-bond donors (Lipinski definition) is 0. The molecule has 1 aliphatic carbocycles. The van der Waals surface area contributed by atoms with Gasteiger partial charge in [0.1, 0.15) is 17.1 Å². The average molecular weight is 502 g/mol. The third kappa shape index (κ3) is 4.66. The van der Waals surface area contributed by atoms with E-state index in [1.807, 2.05) is 39.0 Å². The van der Waals surface area contributed by atoms with E-state index in [4.69, 9.17) is 20.9 Å². The first-order valence-electron chi connectivity index (χ1n) is 11.9. The highest BCUT2D eigenvalue weighted by molar-refractivity contribution is 6.30. The summed E-state index contributed by atoms with van der Waals surface area (Å²) in [5.74, 6) is 1.61. The molecule has 1 saturated carbocycles. The first-order chi connectivity index (χ1) is 16.6. The Kier molecular flexibility index (Phi) is 6.07. The van der Waals surface area contributed by atoms with Crippen LogP contribution in [0.4, 0.5) is 9.18 Å². The van der Waals surface area contributed by atoms with Crippen LogP contribution in [0.15, 0.2) is 22.7 Å². The van der Waals surface area contributed by atoms with Crippen molar-refractivity contribution in [3.63, 3.8) is 0 Å². The summed E-state index contributed by atoms with van der Waals surface area (Å²) in [7, 11) is 0. The second kappa shape index (κ2) is 8.93. The van der Waals surface area contributed by atoms with Crippen molar-refractivity contribution >= 4 is 17.7 Å². The number of carbonyl (C=O) groups is 1. The van der Waals surface area contributed by atoms with Crippen molar-refractivity contribution in [3.8, 4) is 5.69 Å². The van der Waals surface area contributed by atoms with Gasteiger partial charge in [0.2, 0.25) is 0 Å². The molecule has 0 radical (unpaired) electrons. The van der Waals surface area contributed by atoms with E-state index in [2.05, 4.69) is 19.9 Å². The Balaban J connectivity index is 1.44. The lowest BCUT2D eigenvalue weighted by Gasteiger charge is -2.27. The normalized spacial score (nSPS) is 20.2. The number of fused-ring (bicyclic) bond motifs is 3. The van der Waals surface area contributed by atoms with Crippen molar-refractivity contribution in [2.24, 2.45) is 0 Å². The quantitative estimate of drug-likeness (QED) is 0.425.